The third kappa shape index (κ3) is 3.06. The molecule has 0 aliphatic carbocycles. The van der Waals surface area contributed by atoms with Gasteiger partial charge in [0.2, 0.25) is 0 Å². The van der Waals surface area contributed by atoms with Crippen LogP contribution >= 0.6 is 0 Å². The van der Waals surface area contributed by atoms with Gasteiger partial charge in [0.1, 0.15) is 0 Å². The molecular weight excluding hydrogens is 198 g/mol. The second-order valence-electron chi connectivity index (χ2n) is 5.60. The summed E-state index contributed by atoms with van der Waals surface area (Å²) in [6.45, 7) is 10.1. The number of rotatable bonds is 3. The lowest BCUT2D eigenvalue weighted by Gasteiger charge is -2.49. The molecule has 0 aromatic heterocycles. The van der Waals surface area contributed by atoms with Gasteiger partial charge in [-0.1, -0.05) is 44.2 Å². The SMILES string of the molecule is CC(C)C(c1ccccc1)N([O-])C(C)(C)C. The number of nitrogens with zero attached hydrogens (tertiary/aromatic N) is 1. The fourth-order valence-electron chi connectivity index (χ4n) is 1.86. The molecule has 0 saturated heterocycles. The van der Waals surface area contributed by atoms with Crippen LogP contribution in [0.4, 0.5) is 0 Å². The first-order valence-electron chi connectivity index (χ1n) is 5.85. The van der Waals surface area contributed by atoms with Crippen LogP contribution in [0.2, 0.25) is 0 Å². The van der Waals surface area contributed by atoms with Crippen LogP contribution in [0, 0.1) is 11.1 Å². The average molecular weight is 220 g/mol. The van der Waals surface area contributed by atoms with Gasteiger partial charge in [0.05, 0.1) is 0 Å². The van der Waals surface area contributed by atoms with E-state index in [4.69, 9.17) is 0 Å². The van der Waals surface area contributed by atoms with E-state index < -0.39 is 0 Å². The first-order chi connectivity index (χ1) is 7.34. The molecule has 0 N–H and O–H groups in total. The first kappa shape index (κ1) is 13.2. The minimum absolute atomic E-state index is 0.0683. The quantitative estimate of drug-likeness (QED) is 0.720. The van der Waals surface area contributed by atoms with E-state index in [9.17, 15) is 5.21 Å². The maximum Gasteiger partial charge on any atom is 0.0258 e. The Hall–Kier alpha value is -0.860. The van der Waals surface area contributed by atoms with Crippen molar-refractivity contribution >= 4 is 0 Å². The lowest BCUT2D eigenvalue weighted by molar-refractivity contribution is 0.114. The molecule has 16 heavy (non-hydrogen) atoms. The van der Waals surface area contributed by atoms with Gasteiger partial charge in [-0.2, -0.15) is 0 Å². The van der Waals surface area contributed by atoms with Gasteiger partial charge in [0.15, 0.2) is 0 Å². The topological polar surface area (TPSA) is 26.3 Å². The maximum absolute atomic E-state index is 12.3. The van der Waals surface area contributed by atoms with Crippen molar-refractivity contribution < 1.29 is 0 Å². The van der Waals surface area contributed by atoms with Crippen LogP contribution in [0.3, 0.4) is 0 Å². The molecule has 0 bridgehead atoms. The molecule has 0 radical (unpaired) electrons. The fourth-order valence-corrected chi connectivity index (χ4v) is 1.86. The summed E-state index contributed by atoms with van der Waals surface area (Å²) in [6, 6.07) is 9.94. The van der Waals surface area contributed by atoms with Gasteiger partial charge >= 0.3 is 0 Å². The molecule has 1 rings (SSSR count). The summed E-state index contributed by atoms with van der Waals surface area (Å²) in [5.41, 5.74) is 0.743. The fraction of sp³-hybridized carbons (Fsp3) is 0.571. The standard InChI is InChI=1S/C14H22NO/c1-11(2)13(15(16)14(3,4)5)12-9-7-6-8-10-12/h6-11,13H,1-5H3/q-1. The molecule has 1 atom stereocenters. The second-order valence-corrected chi connectivity index (χ2v) is 5.60. The summed E-state index contributed by atoms with van der Waals surface area (Å²) in [6.07, 6.45) is 0. The Morgan fingerprint density at radius 1 is 1.06 bits per heavy atom. The Morgan fingerprint density at radius 2 is 1.56 bits per heavy atom. The van der Waals surface area contributed by atoms with Crippen LogP contribution in [-0.2, 0) is 0 Å². The Labute approximate surface area is 98.9 Å². The average Bonchev–Trinajstić information content (AvgIpc) is 2.17. The van der Waals surface area contributed by atoms with Gasteiger partial charge in [-0.3, -0.25) is 0 Å². The summed E-state index contributed by atoms with van der Waals surface area (Å²) >= 11 is 0. The van der Waals surface area contributed by atoms with E-state index in [0.29, 0.717) is 5.92 Å². The highest BCUT2D eigenvalue weighted by Gasteiger charge is 2.24. The smallest absolute Gasteiger partial charge is 0.0258 e. The van der Waals surface area contributed by atoms with Gasteiger partial charge in [0.25, 0.3) is 0 Å². The maximum atomic E-state index is 12.3. The van der Waals surface area contributed by atoms with Crippen molar-refractivity contribution in [2.45, 2.75) is 46.2 Å². The Balaban J connectivity index is 3.02. The molecule has 90 valence electrons. The molecule has 2 nitrogen and oxygen atoms in total. The normalized spacial score (nSPS) is 14.5. The van der Waals surface area contributed by atoms with Crippen molar-refractivity contribution in [1.82, 2.24) is 5.06 Å². The van der Waals surface area contributed by atoms with E-state index in [-0.39, 0.29) is 11.6 Å². The predicted molar refractivity (Wildman–Crippen MR) is 69.0 cm³/mol. The summed E-state index contributed by atoms with van der Waals surface area (Å²) in [4.78, 5) is 0. The van der Waals surface area contributed by atoms with Gasteiger partial charge in [-0.05, 0) is 32.3 Å². The largest absolute Gasteiger partial charge is 0.784 e. The Bertz CT molecular complexity index is 313. The van der Waals surface area contributed by atoms with Crippen molar-refractivity contribution in [2.24, 2.45) is 5.92 Å². The van der Waals surface area contributed by atoms with E-state index in [1.165, 1.54) is 5.06 Å². The van der Waals surface area contributed by atoms with Gasteiger partial charge in [-0.25, -0.2) is 0 Å². The molecule has 0 aliphatic rings. The zero-order chi connectivity index (χ0) is 12.3. The summed E-state index contributed by atoms with van der Waals surface area (Å²) in [7, 11) is 0. The molecule has 0 saturated carbocycles. The van der Waals surface area contributed by atoms with Crippen molar-refractivity contribution in [2.75, 3.05) is 0 Å². The molecule has 0 spiro atoms. The lowest BCUT2D eigenvalue weighted by Crippen LogP contribution is -2.41. The Morgan fingerprint density at radius 3 is 1.94 bits per heavy atom. The van der Waals surface area contributed by atoms with Gasteiger partial charge < -0.3 is 10.3 Å². The second kappa shape index (κ2) is 4.98. The number of benzene rings is 1. The van der Waals surface area contributed by atoms with Gasteiger partial charge in [0, 0.05) is 11.6 Å². The van der Waals surface area contributed by atoms with E-state index in [1.807, 2.05) is 51.1 Å². The van der Waals surface area contributed by atoms with Crippen molar-refractivity contribution in [3.8, 4) is 0 Å². The predicted octanol–water partition coefficient (Wildman–Crippen LogP) is 3.98. The molecule has 1 aromatic carbocycles. The van der Waals surface area contributed by atoms with Crippen LogP contribution in [0.1, 0.15) is 46.2 Å². The molecular formula is C14H22NO-. The van der Waals surface area contributed by atoms with Crippen LogP contribution in [-0.4, -0.2) is 10.6 Å². The minimum atomic E-state index is -0.356. The summed E-state index contributed by atoms with van der Waals surface area (Å²) in [5, 5.41) is 13.5. The van der Waals surface area contributed by atoms with Crippen molar-refractivity contribution in [3.05, 3.63) is 41.1 Å². The van der Waals surface area contributed by atoms with Crippen LogP contribution in [0.5, 0.6) is 0 Å². The molecule has 0 aliphatic heterocycles. The monoisotopic (exact) mass is 220 g/mol. The molecule has 0 fully saturated rings. The highest BCUT2D eigenvalue weighted by Crippen LogP contribution is 2.32. The van der Waals surface area contributed by atoms with Crippen molar-refractivity contribution in [1.29, 1.82) is 0 Å². The molecule has 0 amide bonds. The van der Waals surface area contributed by atoms with Gasteiger partial charge in [-0.15, -0.1) is 0 Å². The highest BCUT2D eigenvalue weighted by molar-refractivity contribution is 5.20. The van der Waals surface area contributed by atoms with Crippen LogP contribution < -0.4 is 0 Å². The van der Waals surface area contributed by atoms with Crippen LogP contribution in [0.25, 0.3) is 0 Å². The summed E-state index contributed by atoms with van der Waals surface area (Å²) < 4.78 is 0. The van der Waals surface area contributed by atoms with Crippen molar-refractivity contribution in [3.63, 3.8) is 0 Å². The minimum Gasteiger partial charge on any atom is -0.784 e. The molecule has 0 heterocycles. The van der Waals surface area contributed by atoms with E-state index in [0.717, 1.165) is 5.56 Å². The molecule has 1 aromatic rings. The number of hydrogen-bond acceptors (Lipinski definition) is 2. The number of hydrogen-bond donors (Lipinski definition) is 0. The van der Waals surface area contributed by atoms with E-state index in [2.05, 4.69) is 13.8 Å². The van der Waals surface area contributed by atoms with E-state index in [1.54, 1.807) is 0 Å². The third-order valence-corrected chi connectivity index (χ3v) is 2.69. The molecule has 2 heteroatoms. The third-order valence-electron chi connectivity index (χ3n) is 2.69. The summed E-state index contributed by atoms with van der Waals surface area (Å²) in [5.74, 6) is 0.305. The first-order valence-corrected chi connectivity index (χ1v) is 5.85. The zero-order valence-electron chi connectivity index (χ0n) is 10.9. The Kier molecular flexibility index (Phi) is 4.11. The zero-order valence-corrected chi connectivity index (χ0v) is 10.9. The van der Waals surface area contributed by atoms with E-state index >= 15 is 0 Å². The van der Waals surface area contributed by atoms with Crippen LogP contribution in [0.15, 0.2) is 30.3 Å². The number of hydroxylamine groups is 2. The highest BCUT2D eigenvalue weighted by atomic mass is 16.5. The molecule has 1 unspecified atom stereocenters. The lowest BCUT2D eigenvalue weighted by atomic mass is 9.92.